The van der Waals surface area contributed by atoms with Crippen LogP contribution in [-0.2, 0) is 17.8 Å². The second-order valence-electron chi connectivity index (χ2n) is 6.09. The van der Waals surface area contributed by atoms with E-state index >= 15 is 0 Å². The highest BCUT2D eigenvalue weighted by atomic mass is 19.1. The Morgan fingerprint density at radius 1 is 1.08 bits per heavy atom. The number of rotatable bonds is 5. The summed E-state index contributed by atoms with van der Waals surface area (Å²) in [7, 11) is 0. The van der Waals surface area contributed by atoms with E-state index in [9.17, 15) is 22.8 Å². The third-order valence-electron chi connectivity index (χ3n) is 4.29. The van der Waals surface area contributed by atoms with Gasteiger partial charge in [-0.15, -0.1) is 0 Å². The Kier molecular flexibility index (Phi) is 5.37. The van der Waals surface area contributed by atoms with Crippen LogP contribution in [0, 0.1) is 17.5 Å². The van der Waals surface area contributed by atoms with Crippen molar-refractivity contribution in [2.24, 2.45) is 0 Å². The molecule has 0 saturated carbocycles. The lowest BCUT2D eigenvalue weighted by Gasteiger charge is -2.19. The normalized spacial score (nSPS) is 13.2. The summed E-state index contributed by atoms with van der Waals surface area (Å²) in [6.07, 6.45) is 0.0474. The summed E-state index contributed by atoms with van der Waals surface area (Å²) in [5.74, 6) is -3.38. The number of hydrogen-bond donors (Lipinski definition) is 2. The van der Waals surface area contributed by atoms with Gasteiger partial charge in [-0.2, -0.15) is 0 Å². The smallest absolute Gasteiger partial charge is 0.224 e. The second kappa shape index (κ2) is 7.70. The van der Waals surface area contributed by atoms with Gasteiger partial charge >= 0.3 is 0 Å². The van der Waals surface area contributed by atoms with Crippen molar-refractivity contribution in [3.8, 4) is 0 Å². The van der Waals surface area contributed by atoms with Crippen molar-refractivity contribution in [3.63, 3.8) is 0 Å². The molecule has 0 unspecified atom stereocenters. The first-order chi connectivity index (χ1) is 12.5. The first kappa shape index (κ1) is 18.1. The fourth-order valence-corrected chi connectivity index (χ4v) is 2.92. The Morgan fingerprint density at radius 3 is 2.65 bits per heavy atom. The molecule has 1 aliphatic heterocycles. The van der Waals surface area contributed by atoms with Gasteiger partial charge in [-0.1, -0.05) is 6.07 Å². The fraction of sp³-hybridized carbons (Fsp3) is 0.263. The minimum absolute atomic E-state index is 0.0658. The first-order valence-corrected chi connectivity index (χ1v) is 8.25. The lowest BCUT2D eigenvalue weighted by Crippen LogP contribution is -2.25. The zero-order chi connectivity index (χ0) is 18.7. The molecule has 0 fully saturated rings. The Balaban J connectivity index is 1.62. The molecule has 3 rings (SSSR count). The molecule has 0 saturated heterocycles. The number of fused-ring (bicyclic) bond motifs is 1. The fourth-order valence-electron chi connectivity index (χ4n) is 2.92. The van der Waals surface area contributed by atoms with Crippen LogP contribution in [0.3, 0.4) is 0 Å². The van der Waals surface area contributed by atoms with Crippen molar-refractivity contribution in [2.75, 3.05) is 11.9 Å². The Morgan fingerprint density at radius 2 is 1.88 bits per heavy atom. The summed E-state index contributed by atoms with van der Waals surface area (Å²) in [6, 6.07) is 5.88. The van der Waals surface area contributed by atoms with E-state index in [1.807, 2.05) is 0 Å². The number of carbonyl (C=O) groups excluding carboxylic acids is 2. The quantitative estimate of drug-likeness (QED) is 0.802. The van der Waals surface area contributed by atoms with E-state index in [1.165, 1.54) is 6.07 Å². The van der Waals surface area contributed by atoms with Crippen molar-refractivity contribution in [2.45, 2.75) is 25.8 Å². The van der Waals surface area contributed by atoms with E-state index in [0.29, 0.717) is 31.1 Å². The average Bonchev–Trinajstić information content (AvgIpc) is 2.62. The Hall–Kier alpha value is -2.67. The number of carbonyl (C=O) groups is 2. The van der Waals surface area contributed by atoms with Crippen molar-refractivity contribution in [3.05, 3.63) is 64.5 Å². The molecule has 2 N–H and O–H groups in total. The summed E-state index contributed by atoms with van der Waals surface area (Å²) in [4.78, 5) is 24.0. The molecule has 136 valence electrons. The maximum Gasteiger partial charge on any atom is 0.224 e. The standard InChI is InChI=1S/C19H17F3N2O2/c20-12-2-3-14(15(21)9-12)17(25)5-6-18(26)24-16-4-1-11-10-23-8-7-13(11)19(16)22/h1-4,9,23H,5-8,10H2,(H,24,26). The van der Waals surface area contributed by atoms with Gasteiger partial charge in [-0.05, 0) is 42.3 Å². The highest BCUT2D eigenvalue weighted by Crippen LogP contribution is 2.24. The number of hydrogen-bond acceptors (Lipinski definition) is 3. The summed E-state index contributed by atoms with van der Waals surface area (Å²) in [5.41, 5.74) is 1.22. The van der Waals surface area contributed by atoms with Crippen LogP contribution in [0.25, 0.3) is 0 Å². The van der Waals surface area contributed by atoms with E-state index in [1.54, 1.807) is 6.07 Å². The van der Waals surface area contributed by atoms with Gasteiger partial charge in [0.1, 0.15) is 17.5 Å². The Bertz CT molecular complexity index is 868. The molecule has 0 aromatic heterocycles. The lowest BCUT2D eigenvalue weighted by molar-refractivity contribution is -0.116. The van der Waals surface area contributed by atoms with Crippen molar-refractivity contribution in [1.82, 2.24) is 5.32 Å². The largest absolute Gasteiger partial charge is 0.324 e. The maximum atomic E-state index is 14.5. The third kappa shape index (κ3) is 3.94. The number of halogens is 3. The third-order valence-corrected chi connectivity index (χ3v) is 4.29. The monoisotopic (exact) mass is 362 g/mol. The summed E-state index contributed by atoms with van der Waals surface area (Å²) >= 11 is 0. The highest BCUT2D eigenvalue weighted by Gasteiger charge is 2.18. The molecule has 0 radical (unpaired) electrons. The van der Waals surface area contributed by atoms with Crippen LogP contribution < -0.4 is 10.6 Å². The SMILES string of the molecule is O=C(CCC(=O)c1ccc(F)cc1F)Nc1ccc2c(c1F)CCNC2. The minimum atomic E-state index is -0.968. The predicted octanol–water partition coefficient (Wildman–Crippen LogP) is 3.35. The van der Waals surface area contributed by atoms with Gasteiger partial charge in [0.15, 0.2) is 5.78 Å². The molecule has 0 spiro atoms. The molecule has 1 amide bonds. The van der Waals surface area contributed by atoms with E-state index in [2.05, 4.69) is 10.6 Å². The lowest BCUT2D eigenvalue weighted by atomic mass is 9.99. The predicted molar refractivity (Wildman–Crippen MR) is 90.4 cm³/mol. The van der Waals surface area contributed by atoms with Gasteiger partial charge in [0.25, 0.3) is 0 Å². The molecule has 26 heavy (non-hydrogen) atoms. The van der Waals surface area contributed by atoms with Gasteiger partial charge in [0.05, 0.1) is 11.3 Å². The van der Waals surface area contributed by atoms with E-state index in [4.69, 9.17) is 0 Å². The van der Waals surface area contributed by atoms with Crippen LogP contribution in [0.4, 0.5) is 18.9 Å². The Labute approximate surface area is 148 Å². The minimum Gasteiger partial charge on any atom is -0.324 e. The van der Waals surface area contributed by atoms with Gasteiger partial charge in [-0.3, -0.25) is 9.59 Å². The van der Waals surface area contributed by atoms with Gasteiger partial charge in [0, 0.05) is 25.5 Å². The van der Waals surface area contributed by atoms with E-state index in [-0.39, 0.29) is 24.1 Å². The summed E-state index contributed by atoms with van der Waals surface area (Å²) < 4.78 is 40.9. The zero-order valence-corrected chi connectivity index (χ0v) is 13.9. The zero-order valence-electron chi connectivity index (χ0n) is 13.9. The molecule has 0 aliphatic carbocycles. The number of anilines is 1. The maximum absolute atomic E-state index is 14.5. The molecule has 1 aliphatic rings. The van der Waals surface area contributed by atoms with Crippen molar-refractivity contribution < 1.29 is 22.8 Å². The molecule has 2 aromatic rings. The molecular formula is C19H17F3N2O2. The van der Waals surface area contributed by atoms with Crippen LogP contribution in [0.2, 0.25) is 0 Å². The van der Waals surface area contributed by atoms with Crippen molar-refractivity contribution >= 4 is 17.4 Å². The molecule has 4 nitrogen and oxygen atoms in total. The second-order valence-corrected chi connectivity index (χ2v) is 6.09. The highest BCUT2D eigenvalue weighted by molar-refractivity contribution is 6.00. The number of benzene rings is 2. The molecule has 0 atom stereocenters. The molecule has 0 bridgehead atoms. The first-order valence-electron chi connectivity index (χ1n) is 8.25. The topological polar surface area (TPSA) is 58.2 Å². The number of Topliss-reactive ketones (excluding diaryl/α,β-unsaturated/α-hetero) is 1. The molecular weight excluding hydrogens is 345 g/mol. The van der Waals surface area contributed by atoms with Crippen LogP contribution in [0.15, 0.2) is 30.3 Å². The van der Waals surface area contributed by atoms with Crippen molar-refractivity contribution in [1.29, 1.82) is 0 Å². The van der Waals surface area contributed by atoms with Crippen LogP contribution >= 0.6 is 0 Å². The average molecular weight is 362 g/mol. The summed E-state index contributed by atoms with van der Waals surface area (Å²) in [6.45, 7) is 1.25. The van der Waals surface area contributed by atoms with Crippen LogP contribution in [0.1, 0.15) is 34.3 Å². The number of nitrogens with one attached hydrogen (secondary N) is 2. The van der Waals surface area contributed by atoms with Gasteiger partial charge in [0.2, 0.25) is 5.91 Å². The van der Waals surface area contributed by atoms with Gasteiger partial charge < -0.3 is 10.6 Å². The summed E-state index contributed by atoms with van der Waals surface area (Å²) in [5, 5.41) is 5.59. The van der Waals surface area contributed by atoms with E-state index < -0.39 is 29.1 Å². The van der Waals surface area contributed by atoms with E-state index in [0.717, 1.165) is 17.7 Å². The molecule has 7 heteroatoms. The van der Waals surface area contributed by atoms with Crippen LogP contribution in [-0.4, -0.2) is 18.2 Å². The molecule has 2 aromatic carbocycles. The number of amides is 1. The van der Waals surface area contributed by atoms with Crippen LogP contribution in [0.5, 0.6) is 0 Å². The number of ketones is 1. The van der Waals surface area contributed by atoms with Gasteiger partial charge in [-0.25, -0.2) is 13.2 Å². The molecule has 1 heterocycles.